The van der Waals surface area contributed by atoms with Crippen molar-refractivity contribution in [2.45, 2.75) is 26.2 Å². The zero-order chi connectivity index (χ0) is 22.8. The maximum atomic E-state index is 13.3. The predicted molar refractivity (Wildman–Crippen MR) is 130 cm³/mol. The molecule has 0 amide bonds. The van der Waals surface area contributed by atoms with Crippen molar-refractivity contribution in [3.8, 4) is 23.8 Å². The Bertz CT molecular complexity index is 1270. The second-order valence-electron chi connectivity index (χ2n) is 7.73. The van der Waals surface area contributed by atoms with E-state index in [1.165, 1.54) is 4.68 Å². The van der Waals surface area contributed by atoms with Crippen LogP contribution in [0.25, 0.3) is 10.9 Å². The molecule has 1 aromatic heterocycles. The van der Waals surface area contributed by atoms with Crippen LogP contribution in [0.1, 0.15) is 32.2 Å². The van der Waals surface area contributed by atoms with Gasteiger partial charge >= 0.3 is 0 Å². The molecular formula is C23H21Br2N3O3. The van der Waals surface area contributed by atoms with Gasteiger partial charge in [-0.1, -0.05) is 42.6 Å². The lowest BCUT2D eigenvalue weighted by molar-refractivity contribution is 0.330. The molecule has 1 heterocycles. The molecule has 0 saturated heterocycles. The van der Waals surface area contributed by atoms with Gasteiger partial charge in [-0.3, -0.25) is 4.79 Å². The predicted octanol–water partition coefficient (Wildman–Crippen LogP) is 5.12. The summed E-state index contributed by atoms with van der Waals surface area (Å²) in [6.45, 7) is 6.09. The third-order valence-electron chi connectivity index (χ3n) is 4.39. The number of hydrogen-bond donors (Lipinski definition) is 0. The third-order valence-corrected chi connectivity index (χ3v) is 5.57. The lowest BCUT2D eigenvalue weighted by Gasteiger charge is -2.21. The highest BCUT2D eigenvalue weighted by atomic mass is 79.9. The molecule has 0 radical (unpaired) electrons. The van der Waals surface area contributed by atoms with Gasteiger partial charge in [0.2, 0.25) is 0 Å². The topological polar surface area (TPSA) is 65.7 Å². The van der Waals surface area contributed by atoms with Gasteiger partial charge in [-0.05, 0) is 46.3 Å². The minimum atomic E-state index is -0.403. The fourth-order valence-corrected chi connectivity index (χ4v) is 3.69. The van der Waals surface area contributed by atoms with Crippen molar-refractivity contribution in [3.05, 3.63) is 61.0 Å². The molecule has 0 N–H and O–H groups in total. The van der Waals surface area contributed by atoms with Gasteiger partial charge in [-0.15, -0.1) is 6.42 Å². The first-order valence-corrected chi connectivity index (χ1v) is 10.9. The van der Waals surface area contributed by atoms with E-state index in [0.717, 1.165) is 4.47 Å². The smallest absolute Gasteiger partial charge is 0.282 e. The summed E-state index contributed by atoms with van der Waals surface area (Å²) in [6.07, 6.45) is 6.85. The minimum absolute atomic E-state index is 0.124. The Morgan fingerprint density at radius 3 is 2.61 bits per heavy atom. The molecule has 0 aliphatic rings. The van der Waals surface area contributed by atoms with Crippen LogP contribution in [0.4, 0.5) is 0 Å². The Morgan fingerprint density at radius 2 is 1.97 bits per heavy atom. The molecule has 8 heteroatoms. The summed E-state index contributed by atoms with van der Waals surface area (Å²) in [5, 5.41) is 4.97. The van der Waals surface area contributed by atoms with Crippen molar-refractivity contribution in [3.63, 3.8) is 0 Å². The molecule has 0 fully saturated rings. The number of ether oxygens (including phenoxy) is 2. The molecular weight excluding hydrogens is 526 g/mol. The number of benzene rings is 2. The van der Waals surface area contributed by atoms with E-state index in [1.54, 1.807) is 31.5 Å². The number of aromatic nitrogens is 2. The number of methoxy groups -OCH3 is 1. The van der Waals surface area contributed by atoms with Gasteiger partial charge in [-0.25, -0.2) is 4.98 Å². The summed E-state index contributed by atoms with van der Waals surface area (Å²) in [7, 11) is 1.54. The van der Waals surface area contributed by atoms with E-state index in [0.29, 0.717) is 38.3 Å². The average Bonchev–Trinajstić information content (AvgIpc) is 2.72. The van der Waals surface area contributed by atoms with Crippen LogP contribution in [0.15, 0.2) is 49.2 Å². The molecule has 0 saturated carbocycles. The zero-order valence-corrected chi connectivity index (χ0v) is 20.7. The molecule has 0 aliphatic carbocycles. The lowest BCUT2D eigenvalue weighted by atomic mass is 9.95. The first kappa shape index (κ1) is 23.0. The van der Waals surface area contributed by atoms with Crippen molar-refractivity contribution in [1.29, 1.82) is 0 Å². The number of rotatable bonds is 5. The maximum Gasteiger partial charge on any atom is 0.282 e. The van der Waals surface area contributed by atoms with Crippen molar-refractivity contribution in [1.82, 2.24) is 9.66 Å². The number of halogens is 2. The molecule has 3 rings (SSSR count). The Balaban J connectivity index is 2.16. The molecule has 0 atom stereocenters. The normalized spacial score (nSPS) is 11.6. The fraction of sp³-hybridized carbons (Fsp3) is 0.261. The van der Waals surface area contributed by atoms with E-state index in [9.17, 15) is 4.79 Å². The van der Waals surface area contributed by atoms with E-state index in [-0.39, 0.29) is 12.2 Å². The zero-order valence-electron chi connectivity index (χ0n) is 17.6. The van der Waals surface area contributed by atoms with Crippen LogP contribution in [-0.2, 0) is 5.41 Å². The van der Waals surface area contributed by atoms with Gasteiger partial charge in [-0.2, -0.15) is 9.78 Å². The molecule has 160 valence electrons. The van der Waals surface area contributed by atoms with E-state index in [1.807, 2.05) is 32.9 Å². The summed E-state index contributed by atoms with van der Waals surface area (Å²) < 4.78 is 13.8. The molecule has 0 spiro atoms. The van der Waals surface area contributed by atoms with E-state index in [2.05, 4.69) is 42.9 Å². The van der Waals surface area contributed by atoms with Crippen molar-refractivity contribution >= 4 is 49.0 Å². The number of terminal acetylenes is 1. The Kier molecular flexibility index (Phi) is 6.87. The van der Waals surface area contributed by atoms with Crippen molar-refractivity contribution in [2.24, 2.45) is 5.10 Å². The highest BCUT2D eigenvalue weighted by Crippen LogP contribution is 2.33. The molecule has 6 nitrogen and oxygen atoms in total. The molecule has 0 unspecified atom stereocenters. The van der Waals surface area contributed by atoms with Crippen LogP contribution in [0.2, 0.25) is 0 Å². The van der Waals surface area contributed by atoms with Crippen LogP contribution < -0.4 is 15.0 Å². The van der Waals surface area contributed by atoms with Gasteiger partial charge in [0.15, 0.2) is 11.5 Å². The number of hydrogen-bond acceptors (Lipinski definition) is 5. The first-order chi connectivity index (χ1) is 14.7. The van der Waals surface area contributed by atoms with Crippen LogP contribution in [0, 0.1) is 12.3 Å². The number of nitrogens with zero attached hydrogens (tertiary/aromatic N) is 3. The summed E-state index contributed by atoms with van der Waals surface area (Å²) in [5.74, 6) is 3.99. The summed E-state index contributed by atoms with van der Waals surface area (Å²) in [4.78, 5) is 18.0. The van der Waals surface area contributed by atoms with Crippen LogP contribution in [0.3, 0.4) is 0 Å². The van der Waals surface area contributed by atoms with Gasteiger partial charge in [0.1, 0.15) is 12.4 Å². The van der Waals surface area contributed by atoms with E-state index < -0.39 is 5.41 Å². The highest BCUT2D eigenvalue weighted by Gasteiger charge is 2.23. The summed E-state index contributed by atoms with van der Waals surface area (Å²) in [5.41, 5.74) is 0.678. The Morgan fingerprint density at radius 1 is 1.23 bits per heavy atom. The fourth-order valence-electron chi connectivity index (χ4n) is 2.90. The van der Waals surface area contributed by atoms with Crippen LogP contribution >= 0.6 is 31.9 Å². The van der Waals surface area contributed by atoms with Gasteiger partial charge in [0.05, 0.1) is 24.2 Å². The maximum absolute atomic E-state index is 13.3. The standard InChI is InChI=1S/C23H21Br2N3O3/c1-6-9-31-20-12-17(25)14(10-19(20)30-5)13-26-28-21(29)16-11-15(24)7-8-18(16)27-22(28)23(2,3)4/h1,7-8,10-13H,9H2,2-5H3. The lowest BCUT2D eigenvalue weighted by Crippen LogP contribution is -2.29. The molecule has 31 heavy (non-hydrogen) atoms. The van der Waals surface area contributed by atoms with Crippen molar-refractivity contribution in [2.75, 3.05) is 13.7 Å². The van der Waals surface area contributed by atoms with Crippen LogP contribution in [-0.4, -0.2) is 29.6 Å². The number of fused-ring (bicyclic) bond motifs is 1. The van der Waals surface area contributed by atoms with Gasteiger partial charge in [0, 0.05) is 19.9 Å². The van der Waals surface area contributed by atoms with Crippen LogP contribution in [0.5, 0.6) is 11.5 Å². The van der Waals surface area contributed by atoms with E-state index >= 15 is 0 Å². The Labute approximate surface area is 197 Å². The van der Waals surface area contributed by atoms with Gasteiger partial charge in [0.25, 0.3) is 5.56 Å². The summed E-state index contributed by atoms with van der Waals surface area (Å²) in [6, 6.07) is 8.94. The summed E-state index contributed by atoms with van der Waals surface area (Å²) >= 11 is 6.93. The largest absolute Gasteiger partial charge is 0.493 e. The Hall–Kier alpha value is -2.63. The second kappa shape index (κ2) is 9.25. The third kappa shape index (κ3) is 5.00. The molecule has 2 aromatic carbocycles. The highest BCUT2D eigenvalue weighted by molar-refractivity contribution is 9.10. The minimum Gasteiger partial charge on any atom is -0.493 e. The molecule has 0 aliphatic heterocycles. The molecule has 3 aromatic rings. The first-order valence-electron chi connectivity index (χ1n) is 9.36. The monoisotopic (exact) mass is 545 g/mol. The van der Waals surface area contributed by atoms with Gasteiger partial charge < -0.3 is 9.47 Å². The quantitative estimate of drug-likeness (QED) is 0.329. The second-order valence-corrected chi connectivity index (χ2v) is 9.50. The SMILES string of the molecule is C#CCOc1cc(Br)c(C=Nn2c(C(C)(C)C)nc3ccc(Br)cc3c2=O)cc1OC. The average molecular weight is 547 g/mol. The molecule has 0 bridgehead atoms. The van der Waals surface area contributed by atoms with E-state index in [4.69, 9.17) is 20.9 Å². The van der Waals surface area contributed by atoms with Crippen molar-refractivity contribution < 1.29 is 9.47 Å².